The number of hydrogen-bond acceptors (Lipinski definition) is 9. The number of thiazole rings is 2. The fourth-order valence-electron chi connectivity index (χ4n) is 4.74. The normalized spacial score (nSPS) is 16.9. The van der Waals surface area contributed by atoms with E-state index < -0.39 is 18.1 Å². The third-order valence-electron chi connectivity index (χ3n) is 6.02. The summed E-state index contributed by atoms with van der Waals surface area (Å²) in [6.07, 6.45) is -1.75. The molecular formula is C25H27F4N5O4S2. The van der Waals surface area contributed by atoms with Gasteiger partial charge in [0, 0.05) is 31.0 Å². The molecule has 5 rings (SSSR count). The van der Waals surface area contributed by atoms with Gasteiger partial charge >= 0.3 is 12.1 Å². The minimum atomic E-state index is -5.08. The van der Waals surface area contributed by atoms with Crippen LogP contribution in [0.4, 0.5) is 17.6 Å². The van der Waals surface area contributed by atoms with Gasteiger partial charge in [-0.25, -0.2) is 14.5 Å². The monoisotopic (exact) mass is 601 g/mol. The second-order valence-corrected chi connectivity index (χ2v) is 12.6. The third-order valence-corrected chi connectivity index (χ3v) is 7.98. The lowest BCUT2D eigenvalue weighted by atomic mass is 9.81. The van der Waals surface area contributed by atoms with Crippen LogP contribution in [0.2, 0.25) is 0 Å². The number of ether oxygens (including phenoxy) is 1. The van der Waals surface area contributed by atoms with Crippen LogP contribution in [-0.2, 0) is 11.8 Å². The molecule has 0 aliphatic carbocycles. The minimum absolute atomic E-state index is 0.00507. The highest BCUT2D eigenvalue weighted by atomic mass is 32.1. The average Bonchev–Trinajstić information content (AvgIpc) is 3.45. The van der Waals surface area contributed by atoms with Gasteiger partial charge in [-0.2, -0.15) is 27.6 Å². The lowest BCUT2D eigenvalue weighted by Gasteiger charge is -2.45. The third kappa shape index (κ3) is 6.70. The number of carboxylic acids is 1. The maximum Gasteiger partial charge on any atom is 0.490 e. The van der Waals surface area contributed by atoms with E-state index in [0.717, 1.165) is 27.2 Å². The first-order valence-electron chi connectivity index (χ1n) is 12.0. The molecule has 3 aromatic heterocycles. The van der Waals surface area contributed by atoms with Gasteiger partial charge in [0.1, 0.15) is 16.9 Å². The quantitative estimate of drug-likeness (QED) is 0.244. The predicted octanol–water partition coefficient (Wildman–Crippen LogP) is 5.99. The number of aliphatic carboxylic acids is 1. The van der Waals surface area contributed by atoms with Crippen molar-refractivity contribution in [3.8, 4) is 32.6 Å². The fraction of sp³-hybridized carbons (Fsp3) is 0.440. The molecule has 1 aliphatic rings. The molecule has 0 spiro atoms. The van der Waals surface area contributed by atoms with Gasteiger partial charge in [0.25, 0.3) is 5.19 Å². The Morgan fingerprint density at radius 2 is 1.70 bits per heavy atom. The van der Waals surface area contributed by atoms with E-state index in [1.165, 1.54) is 42.0 Å². The topological polar surface area (TPSA) is 122 Å². The number of phenolic OH excluding ortho intramolecular Hbond substituents is 1. The molecule has 0 unspecified atom stereocenters. The first-order chi connectivity index (χ1) is 18.4. The van der Waals surface area contributed by atoms with Gasteiger partial charge in [-0.15, -0.1) is 0 Å². The number of fused-ring (bicyclic) bond motifs is 1. The number of carboxylic acid groups (broad SMARTS) is 1. The number of aryl methyl sites for hydroxylation is 1. The number of aromatic nitrogens is 4. The van der Waals surface area contributed by atoms with Crippen LogP contribution in [-0.4, -0.2) is 59.3 Å². The molecular weight excluding hydrogens is 574 g/mol. The van der Waals surface area contributed by atoms with E-state index in [9.17, 15) is 22.7 Å². The Kier molecular flexibility index (Phi) is 7.86. The number of rotatable bonds is 4. The van der Waals surface area contributed by atoms with Crippen molar-refractivity contribution in [1.82, 2.24) is 25.1 Å². The van der Waals surface area contributed by atoms with Crippen LogP contribution in [0.25, 0.3) is 31.4 Å². The molecule has 15 heteroatoms. The highest BCUT2D eigenvalue weighted by molar-refractivity contribution is 7.28. The Bertz CT molecular complexity index is 1500. The second-order valence-electron chi connectivity index (χ2n) is 10.7. The van der Waals surface area contributed by atoms with Crippen molar-refractivity contribution in [2.45, 2.75) is 63.9 Å². The molecule has 1 aliphatic heterocycles. The number of alkyl halides is 3. The van der Waals surface area contributed by atoms with Crippen molar-refractivity contribution in [3.63, 3.8) is 0 Å². The van der Waals surface area contributed by atoms with Gasteiger partial charge in [-0.05, 0) is 45.4 Å². The summed E-state index contributed by atoms with van der Waals surface area (Å²) in [6.45, 7) is 8.77. The van der Waals surface area contributed by atoms with Crippen LogP contribution in [0.3, 0.4) is 0 Å². The SMILES string of the molecule is Cn1ncc(-c2ccc(-c3nc4sc(OC5CC(C)(C)NC(C)(C)C5)nc4s3)c(O)c2)c1F.O=C(O)C(F)(F)F. The number of phenols is 1. The van der Waals surface area contributed by atoms with E-state index in [2.05, 4.69) is 48.1 Å². The number of hydrogen-bond donors (Lipinski definition) is 3. The Balaban J connectivity index is 0.000000470. The molecule has 4 aromatic rings. The molecule has 0 atom stereocenters. The molecule has 0 saturated carbocycles. The first-order valence-corrected chi connectivity index (χ1v) is 13.6. The zero-order chi connectivity index (χ0) is 29.6. The molecule has 4 heterocycles. The zero-order valence-electron chi connectivity index (χ0n) is 22.1. The standard InChI is InChI=1S/C23H26FN5O2S2.C2HF3O2/c1-22(2)9-13(10-23(3,4)28-22)31-21-27-20-19(33-21)26-18(32-20)14-7-6-12(8-16(14)30)15-11-25-29(5)17(15)24;3-2(4,5)1(6)7/h6-8,11,13,28,30H,9-10H2,1-5H3;(H,6,7). The summed E-state index contributed by atoms with van der Waals surface area (Å²) in [5, 5.41) is 26.6. The number of carbonyl (C=O) groups is 1. The van der Waals surface area contributed by atoms with Gasteiger partial charge in [-0.1, -0.05) is 28.7 Å². The van der Waals surface area contributed by atoms with Crippen molar-refractivity contribution in [2.75, 3.05) is 0 Å². The van der Waals surface area contributed by atoms with Gasteiger partial charge in [0.15, 0.2) is 9.66 Å². The summed E-state index contributed by atoms with van der Waals surface area (Å²) in [7, 11) is 1.53. The van der Waals surface area contributed by atoms with Gasteiger partial charge in [0.2, 0.25) is 5.95 Å². The van der Waals surface area contributed by atoms with E-state index in [0.29, 0.717) is 26.9 Å². The lowest BCUT2D eigenvalue weighted by molar-refractivity contribution is -0.192. The fourth-order valence-corrected chi connectivity index (χ4v) is 6.73. The summed E-state index contributed by atoms with van der Waals surface area (Å²) in [6, 6.07) is 5.04. The smallest absolute Gasteiger partial charge is 0.490 e. The summed E-state index contributed by atoms with van der Waals surface area (Å²) in [4.78, 5) is 19.8. The van der Waals surface area contributed by atoms with Crippen molar-refractivity contribution in [1.29, 1.82) is 0 Å². The van der Waals surface area contributed by atoms with Crippen molar-refractivity contribution in [3.05, 3.63) is 30.3 Å². The molecule has 3 N–H and O–H groups in total. The number of aromatic hydroxyl groups is 1. The zero-order valence-corrected chi connectivity index (χ0v) is 23.8. The molecule has 1 aromatic carbocycles. The Morgan fingerprint density at radius 3 is 2.20 bits per heavy atom. The molecule has 1 fully saturated rings. The molecule has 1 saturated heterocycles. The minimum Gasteiger partial charge on any atom is -0.507 e. The number of nitrogens with zero attached hydrogens (tertiary/aromatic N) is 4. The van der Waals surface area contributed by atoms with Crippen molar-refractivity contribution >= 4 is 38.3 Å². The number of benzene rings is 1. The lowest BCUT2D eigenvalue weighted by Crippen LogP contribution is -2.60. The highest BCUT2D eigenvalue weighted by Gasteiger charge is 2.39. The maximum atomic E-state index is 14.2. The maximum absolute atomic E-state index is 14.2. The summed E-state index contributed by atoms with van der Waals surface area (Å²) in [5.74, 6) is -3.17. The van der Waals surface area contributed by atoms with Crippen LogP contribution in [0, 0.1) is 5.95 Å². The van der Waals surface area contributed by atoms with Gasteiger partial charge in [0.05, 0.1) is 17.3 Å². The van der Waals surface area contributed by atoms with Gasteiger partial charge < -0.3 is 20.3 Å². The summed E-state index contributed by atoms with van der Waals surface area (Å²) in [5.41, 5.74) is 1.47. The first kappa shape index (κ1) is 29.7. The highest BCUT2D eigenvalue weighted by Crippen LogP contribution is 2.41. The van der Waals surface area contributed by atoms with E-state index in [1.54, 1.807) is 12.1 Å². The molecule has 0 radical (unpaired) electrons. The van der Waals surface area contributed by atoms with Crippen LogP contribution in [0.1, 0.15) is 40.5 Å². The number of halogens is 4. The Labute approximate surface area is 234 Å². The van der Waals surface area contributed by atoms with Crippen LogP contribution >= 0.6 is 22.7 Å². The summed E-state index contributed by atoms with van der Waals surface area (Å²) >= 11 is 2.82. The largest absolute Gasteiger partial charge is 0.507 e. The van der Waals surface area contributed by atoms with E-state index >= 15 is 0 Å². The van der Waals surface area contributed by atoms with Crippen molar-refractivity contribution in [2.24, 2.45) is 7.05 Å². The molecule has 40 heavy (non-hydrogen) atoms. The van der Waals surface area contributed by atoms with E-state index in [1.807, 2.05) is 0 Å². The molecule has 0 amide bonds. The van der Waals surface area contributed by atoms with Crippen LogP contribution < -0.4 is 10.1 Å². The van der Waals surface area contributed by atoms with Crippen LogP contribution in [0.5, 0.6) is 10.9 Å². The van der Waals surface area contributed by atoms with E-state index in [-0.39, 0.29) is 22.9 Å². The van der Waals surface area contributed by atoms with E-state index in [4.69, 9.17) is 14.6 Å². The molecule has 216 valence electrons. The van der Waals surface area contributed by atoms with Crippen molar-refractivity contribution < 1.29 is 37.3 Å². The second kappa shape index (κ2) is 10.6. The summed E-state index contributed by atoms with van der Waals surface area (Å²) < 4.78 is 53.3. The Hall–Kier alpha value is -3.30. The van der Waals surface area contributed by atoms with Crippen LogP contribution in [0.15, 0.2) is 24.4 Å². The number of piperidine rings is 1. The predicted molar refractivity (Wildman–Crippen MR) is 143 cm³/mol. The Morgan fingerprint density at radius 1 is 1.10 bits per heavy atom. The average molecular weight is 602 g/mol. The van der Waals surface area contributed by atoms with Gasteiger partial charge in [-0.3, -0.25) is 0 Å². The number of nitrogens with one attached hydrogen (secondary N) is 1. The molecule has 9 nitrogen and oxygen atoms in total. The molecule has 0 bridgehead atoms.